The average Bonchev–Trinajstić information content (AvgIpc) is 2.25. The van der Waals surface area contributed by atoms with Crippen LogP contribution in [0.1, 0.15) is 39.0 Å². The van der Waals surface area contributed by atoms with Gasteiger partial charge in [0.15, 0.2) is 0 Å². The van der Waals surface area contributed by atoms with Crippen molar-refractivity contribution in [3.8, 4) is 0 Å². The molecule has 4 heteroatoms. The molecule has 0 aromatic carbocycles. The van der Waals surface area contributed by atoms with Crippen molar-refractivity contribution < 1.29 is 14.6 Å². The summed E-state index contributed by atoms with van der Waals surface area (Å²) < 4.78 is 5.27. The molecule has 1 heterocycles. The van der Waals surface area contributed by atoms with E-state index in [-0.39, 0.29) is 0 Å². The second-order valence-electron chi connectivity index (χ2n) is 4.05. The van der Waals surface area contributed by atoms with Gasteiger partial charge in [-0.05, 0) is 12.3 Å². The van der Waals surface area contributed by atoms with Crippen molar-refractivity contribution in [3.63, 3.8) is 0 Å². The molecule has 1 saturated heterocycles. The number of hydrogen-bond acceptors (Lipinski definition) is 3. The molecule has 0 spiro atoms. The Morgan fingerprint density at radius 3 is 2.80 bits per heavy atom. The molecule has 0 aliphatic carbocycles. The predicted molar refractivity (Wildman–Crippen MR) is 62.1 cm³/mol. The minimum atomic E-state index is -0.843. The second kappa shape index (κ2) is 7.12. The normalized spacial score (nSPS) is 26.5. The third-order valence-electron chi connectivity index (χ3n) is 2.63. The molecule has 0 saturated carbocycles. The van der Waals surface area contributed by atoms with E-state index in [1.807, 2.05) is 0 Å². The Labute approximate surface area is 95.6 Å². The maximum Gasteiger partial charge on any atom is 0.343 e. The van der Waals surface area contributed by atoms with Crippen LogP contribution in [-0.2, 0) is 9.53 Å². The summed E-state index contributed by atoms with van der Waals surface area (Å²) in [6.45, 7) is 2.83. The van der Waals surface area contributed by atoms with Crippen molar-refractivity contribution in [1.29, 1.82) is 0 Å². The molecule has 1 rings (SSSR count). The Balaban J connectivity index is 2.07. The molecule has 1 aliphatic rings. The first kappa shape index (κ1) is 12.8. The molecule has 1 fully saturated rings. The average molecular weight is 232 g/mol. The third kappa shape index (κ3) is 4.89. The van der Waals surface area contributed by atoms with Crippen molar-refractivity contribution in [2.75, 3.05) is 12.4 Å². The summed E-state index contributed by atoms with van der Waals surface area (Å²) in [4.78, 5) is 10.6. The number of ether oxygens (including phenoxy) is 1. The standard InChI is InChI=1S/C11H20O3S/c1-2-3-4-5-6-9-7-14-11(10(12)13)15-8-9/h9,11H,2-8H2,1H3,(H,12,13)/t9-,11-/m0/s1. The lowest BCUT2D eigenvalue weighted by Crippen LogP contribution is -2.30. The number of carboxylic acids is 1. The molecule has 0 radical (unpaired) electrons. The first-order valence-corrected chi connectivity index (χ1v) is 6.75. The van der Waals surface area contributed by atoms with Crippen LogP contribution in [0.25, 0.3) is 0 Å². The molecule has 3 nitrogen and oxygen atoms in total. The number of thioether (sulfide) groups is 1. The lowest BCUT2D eigenvalue weighted by molar-refractivity contribution is -0.145. The zero-order valence-electron chi connectivity index (χ0n) is 9.28. The SMILES string of the molecule is CCCCCC[C@H]1CO[C@H](C(=O)O)SC1. The Morgan fingerprint density at radius 2 is 2.27 bits per heavy atom. The van der Waals surface area contributed by atoms with Crippen LogP contribution in [0.4, 0.5) is 0 Å². The van der Waals surface area contributed by atoms with E-state index in [4.69, 9.17) is 9.84 Å². The highest BCUT2D eigenvalue weighted by Gasteiger charge is 2.26. The maximum absolute atomic E-state index is 10.6. The van der Waals surface area contributed by atoms with E-state index in [1.165, 1.54) is 43.9 Å². The van der Waals surface area contributed by atoms with Crippen LogP contribution in [0.15, 0.2) is 0 Å². The summed E-state index contributed by atoms with van der Waals surface area (Å²) in [6, 6.07) is 0. The highest BCUT2D eigenvalue weighted by Crippen LogP contribution is 2.26. The second-order valence-corrected chi connectivity index (χ2v) is 5.15. The molecular weight excluding hydrogens is 212 g/mol. The van der Waals surface area contributed by atoms with Crippen LogP contribution in [0.2, 0.25) is 0 Å². The molecule has 15 heavy (non-hydrogen) atoms. The van der Waals surface area contributed by atoms with Gasteiger partial charge in [-0.1, -0.05) is 32.6 Å². The summed E-state index contributed by atoms with van der Waals surface area (Å²) >= 11 is 1.42. The lowest BCUT2D eigenvalue weighted by Gasteiger charge is -2.26. The van der Waals surface area contributed by atoms with Crippen LogP contribution in [0.3, 0.4) is 0 Å². The van der Waals surface area contributed by atoms with Gasteiger partial charge in [-0.3, -0.25) is 0 Å². The Bertz CT molecular complexity index is 188. The van der Waals surface area contributed by atoms with Gasteiger partial charge in [0.2, 0.25) is 5.44 Å². The van der Waals surface area contributed by atoms with Crippen LogP contribution in [0.5, 0.6) is 0 Å². The molecule has 0 bridgehead atoms. The number of carboxylic acid groups (broad SMARTS) is 1. The molecule has 1 N–H and O–H groups in total. The first-order chi connectivity index (χ1) is 7.24. The van der Waals surface area contributed by atoms with Gasteiger partial charge >= 0.3 is 5.97 Å². The van der Waals surface area contributed by atoms with Gasteiger partial charge in [0.1, 0.15) is 0 Å². The topological polar surface area (TPSA) is 46.5 Å². The van der Waals surface area contributed by atoms with Gasteiger partial charge in [-0.25, -0.2) is 4.79 Å². The minimum absolute atomic E-state index is 0.558. The van der Waals surface area contributed by atoms with Crippen molar-refractivity contribution >= 4 is 17.7 Å². The monoisotopic (exact) mass is 232 g/mol. The number of aliphatic carboxylic acids is 1. The van der Waals surface area contributed by atoms with E-state index in [2.05, 4.69) is 6.92 Å². The van der Waals surface area contributed by atoms with Gasteiger partial charge in [-0.2, -0.15) is 0 Å². The Kier molecular flexibility index (Phi) is 6.10. The molecule has 0 unspecified atom stereocenters. The zero-order valence-corrected chi connectivity index (χ0v) is 10.1. The predicted octanol–water partition coefficient (Wildman–Crippen LogP) is 2.75. The van der Waals surface area contributed by atoms with Gasteiger partial charge in [0.05, 0.1) is 6.61 Å². The van der Waals surface area contributed by atoms with E-state index < -0.39 is 11.4 Å². The quantitative estimate of drug-likeness (QED) is 0.715. The fraction of sp³-hybridized carbons (Fsp3) is 0.909. The number of carbonyl (C=O) groups is 1. The van der Waals surface area contributed by atoms with E-state index >= 15 is 0 Å². The van der Waals surface area contributed by atoms with Crippen molar-refractivity contribution in [3.05, 3.63) is 0 Å². The molecule has 0 aromatic heterocycles. The fourth-order valence-electron chi connectivity index (χ4n) is 1.71. The first-order valence-electron chi connectivity index (χ1n) is 5.70. The largest absolute Gasteiger partial charge is 0.479 e. The lowest BCUT2D eigenvalue weighted by atomic mass is 10.0. The van der Waals surface area contributed by atoms with Crippen LogP contribution < -0.4 is 0 Å². The van der Waals surface area contributed by atoms with E-state index in [0.29, 0.717) is 12.5 Å². The van der Waals surface area contributed by atoms with Crippen LogP contribution >= 0.6 is 11.8 Å². The van der Waals surface area contributed by atoms with Gasteiger partial charge in [-0.15, -0.1) is 11.8 Å². The van der Waals surface area contributed by atoms with Crippen molar-refractivity contribution in [2.45, 2.75) is 44.5 Å². The summed E-state index contributed by atoms with van der Waals surface area (Å²) in [7, 11) is 0. The Hall–Kier alpha value is -0.220. The highest BCUT2D eigenvalue weighted by atomic mass is 32.2. The number of unbranched alkanes of at least 4 members (excludes halogenated alkanes) is 3. The zero-order chi connectivity index (χ0) is 11.1. The summed E-state index contributed by atoms with van der Waals surface area (Å²) in [6.07, 6.45) is 6.29. The fourth-order valence-corrected chi connectivity index (χ4v) is 2.74. The van der Waals surface area contributed by atoms with Crippen LogP contribution in [-0.4, -0.2) is 28.9 Å². The highest BCUT2D eigenvalue weighted by molar-refractivity contribution is 8.00. The van der Waals surface area contributed by atoms with E-state index in [1.54, 1.807) is 0 Å². The number of rotatable bonds is 6. The van der Waals surface area contributed by atoms with Gasteiger partial charge in [0.25, 0.3) is 0 Å². The molecule has 2 atom stereocenters. The summed E-state index contributed by atoms with van der Waals surface area (Å²) in [5.41, 5.74) is -0.628. The molecular formula is C11H20O3S. The van der Waals surface area contributed by atoms with E-state index in [9.17, 15) is 4.79 Å². The molecule has 0 amide bonds. The Morgan fingerprint density at radius 1 is 1.47 bits per heavy atom. The van der Waals surface area contributed by atoms with Crippen molar-refractivity contribution in [1.82, 2.24) is 0 Å². The van der Waals surface area contributed by atoms with E-state index in [0.717, 1.165) is 5.75 Å². The van der Waals surface area contributed by atoms with Crippen LogP contribution in [0, 0.1) is 5.92 Å². The molecule has 1 aliphatic heterocycles. The minimum Gasteiger partial charge on any atom is -0.479 e. The number of hydrogen-bond donors (Lipinski definition) is 1. The smallest absolute Gasteiger partial charge is 0.343 e. The molecule has 0 aromatic rings. The summed E-state index contributed by atoms with van der Waals surface area (Å²) in [5, 5.41) is 8.72. The van der Waals surface area contributed by atoms with Crippen molar-refractivity contribution in [2.24, 2.45) is 5.92 Å². The van der Waals surface area contributed by atoms with Gasteiger partial charge < -0.3 is 9.84 Å². The maximum atomic E-state index is 10.6. The summed E-state index contributed by atoms with van der Waals surface area (Å²) in [5.74, 6) is 0.648. The van der Waals surface area contributed by atoms with Gasteiger partial charge in [0, 0.05) is 5.75 Å². The molecule has 88 valence electrons. The third-order valence-corrected chi connectivity index (χ3v) is 3.94.